The van der Waals surface area contributed by atoms with Gasteiger partial charge in [-0.1, -0.05) is 6.07 Å². The number of hydrogen-bond acceptors (Lipinski definition) is 3. The highest BCUT2D eigenvalue weighted by Crippen LogP contribution is 2.27. The van der Waals surface area contributed by atoms with E-state index in [1.807, 2.05) is 36.1 Å². The number of carbonyl (C=O) groups excluding carboxylic acids is 2. The Labute approximate surface area is 146 Å². The molecule has 4 nitrogen and oxygen atoms in total. The van der Waals surface area contributed by atoms with Gasteiger partial charge < -0.3 is 10.2 Å². The van der Waals surface area contributed by atoms with Gasteiger partial charge in [0.15, 0.2) is 0 Å². The number of anilines is 2. The molecular formula is C19H22N2O2S. The first-order valence-electron chi connectivity index (χ1n) is 8.37. The van der Waals surface area contributed by atoms with E-state index in [1.54, 1.807) is 11.3 Å². The largest absolute Gasteiger partial charge is 0.326 e. The molecule has 0 bridgehead atoms. The molecule has 0 saturated carbocycles. The summed E-state index contributed by atoms with van der Waals surface area (Å²) in [4.78, 5) is 27.1. The summed E-state index contributed by atoms with van der Waals surface area (Å²) in [5.41, 5.74) is 2.76. The van der Waals surface area contributed by atoms with E-state index in [9.17, 15) is 9.59 Å². The van der Waals surface area contributed by atoms with Crippen LogP contribution in [0.4, 0.5) is 11.4 Å². The Morgan fingerprint density at radius 2 is 2.21 bits per heavy atom. The highest BCUT2D eigenvalue weighted by molar-refractivity contribution is 7.09. The molecule has 0 radical (unpaired) electrons. The van der Waals surface area contributed by atoms with Crippen LogP contribution in [0, 0.1) is 6.92 Å². The van der Waals surface area contributed by atoms with Crippen LogP contribution < -0.4 is 10.2 Å². The number of nitrogens with zero attached hydrogens (tertiary/aromatic N) is 1. The third-order valence-electron chi connectivity index (χ3n) is 4.25. The maximum Gasteiger partial charge on any atom is 0.227 e. The maximum atomic E-state index is 12.1. The second-order valence-electron chi connectivity index (χ2n) is 6.13. The number of carbonyl (C=O) groups is 2. The van der Waals surface area contributed by atoms with Crippen LogP contribution >= 0.6 is 11.3 Å². The normalized spacial score (nSPS) is 14.2. The minimum absolute atomic E-state index is 0.0379. The van der Waals surface area contributed by atoms with E-state index in [2.05, 4.69) is 16.8 Å². The summed E-state index contributed by atoms with van der Waals surface area (Å²) >= 11 is 1.73. The molecule has 1 aliphatic rings. The lowest BCUT2D eigenvalue weighted by molar-refractivity contribution is -0.117. The summed E-state index contributed by atoms with van der Waals surface area (Å²) in [6, 6.07) is 9.89. The van der Waals surface area contributed by atoms with E-state index in [-0.39, 0.29) is 11.8 Å². The van der Waals surface area contributed by atoms with Crippen LogP contribution in [0.15, 0.2) is 35.7 Å². The minimum Gasteiger partial charge on any atom is -0.326 e. The molecule has 1 fully saturated rings. The standard InChI is InChI=1S/C19H22N2O2S/c1-14-13-15(9-10-17(14)21-11-3-8-19(21)23)20-18(22)7-2-5-16-6-4-12-24-16/h4,6,9-10,12-13H,2-3,5,7-8,11H2,1H3,(H,20,22). The summed E-state index contributed by atoms with van der Waals surface area (Å²) in [7, 11) is 0. The molecule has 0 spiro atoms. The summed E-state index contributed by atoms with van der Waals surface area (Å²) < 4.78 is 0. The quantitative estimate of drug-likeness (QED) is 0.857. The lowest BCUT2D eigenvalue weighted by atomic mass is 10.1. The number of aryl methyl sites for hydroxylation is 2. The van der Waals surface area contributed by atoms with Crippen molar-refractivity contribution in [3.63, 3.8) is 0 Å². The SMILES string of the molecule is Cc1cc(NC(=O)CCCc2cccs2)ccc1N1CCCC1=O. The van der Waals surface area contributed by atoms with Crippen molar-refractivity contribution in [3.05, 3.63) is 46.2 Å². The molecule has 3 rings (SSSR count). The Hall–Kier alpha value is -2.14. The molecule has 5 heteroatoms. The van der Waals surface area contributed by atoms with E-state index < -0.39 is 0 Å². The van der Waals surface area contributed by atoms with Crippen molar-refractivity contribution < 1.29 is 9.59 Å². The third-order valence-corrected chi connectivity index (χ3v) is 5.19. The number of rotatable bonds is 6. The van der Waals surface area contributed by atoms with Crippen molar-refractivity contribution in [1.29, 1.82) is 0 Å². The Balaban J connectivity index is 1.54. The highest BCUT2D eigenvalue weighted by atomic mass is 32.1. The lowest BCUT2D eigenvalue weighted by Crippen LogP contribution is -2.24. The number of thiophene rings is 1. The smallest absolute Gasteiger partial charge is 0.227 e. The van der Waals surface area contributed by atoms with Gasteiger partial charge in [-0.05, 0) is 61.4 Å². The Morgan fingerprint density at radius 1 is 1.33 bits per heavy atom. The molecule has 1 N–H and O–H groups in total. The van der Waals surface area contributed by atoms with E-state index in [4.69, 9.17) is 0 Å². The van der Waals surface area contributed by atoms with Crippen molar-refractivity contribution in [2.75, 3.05) is 16.8 Å². The molecule has 24 heavy (non-hydrogen) atoms. The van der Waals surface area contributed by atoms with Crippen LogP contribution in [0.1, 0.15) is 36.1 Å². The first-order valence-corrected chi connectivity index (χ1v) is 9.25. The Kier molecular flexibility index (Phi) is 5.30. The topological polar surface area (TPSA) is 49.4 Å². The van der Waals surface area contributed by atoms with E-state index in [0.717, 1.165) is 42.7 Å². The van der Waals surface area contributed by atoms with Crippen molar-refractivity contribution in [1.82, 2.24) is 0 Å². The molecule has 1 aromatic carbocycles. The first kappa shape index (κ1) is 16.7. The zero-order valence-electron chi connectivity index (χ0n) is 13.9. The second kappa shape index (κ2) is 7.62. The number of benzene rings is 1. The van der Waals surface area contributed by atoms with Gasteiger partial charge in [0, 0.05) is 35.6 Å². The molecule has 1 saturated heterocycles. The molecule has 2 heterocycles. The predicted octanol–water partition coefficient (Wildman–Crippen LogP) is 4.14. The zero-order valence-corrected chi connectivity index (χ0v) is 14.7. The van der Waals surface area contributed by atoms with E-state index in [1.165, 1.54) is 4.88 Å². The Bertz CT molecular complexity index is 725. The Morgan fingerprint density at radius 3 is 2.88 bits per heavy atom. The maximum absolute atomic E-state index is 12.1. The van der Waals surface area contributed by atoms with Crippen LogP contribution in [0.2, 0.25) is 0 Å². The molecule has 1 aliphatic heterocycles. The average molecular weight is 342 g/mol. The highest BCUT2D eigenvalue weighted by Gasteiger charge is 2.22. The van der Waals surface area contributed by atoms with Crippen LogP contribution in [-0.4, -0.2) is 18.4 Å². The summed E-state index contributed by atoms with van der Waals surface area (Å²) in [6.07, 6.45) is 3.86. The molecule has 126 valence electrons. The van der Waals surface area contributed by atoms with Crippen molar-refractivity contribution in [2.24, 2.45) is 0 Å². The van der Waals surface area contributed by atoms with E-state index >= 15 is 0 Å². The van der Waals surface area contributed by atoms with E-state index in [0.29, 0.717) is 12.8 Å². The van der Waals surface area contributed by atoms with Gasteiger partial charge in [-0.2, -0.15) is 0 Å². The molecule has 0 aliphatic carbocycles. The third kappa shape index (κ3) is 4.03. The summed E-state index contributed by atoms with van der Waals surface area (Å²) in [6.45, 7) is 2.77. The zero-order chi connectivity index (χ0) is 16.9. The molecule has 1 aromatic heterocycles. The number of amides is 2. The van der Waals surface area contributed by atoms with Gasteiger partial charge in [0.2, 0.25) is 11.8 Å². The molecular weight excluding hydrogens is 320 g/mol. The van der Waals surface area contributed by atoms with Gasteiger partial charge in [-0.15, -0.1) is 11.3 Å². The van der Waals surface area contributed by atoms with Gasteiger partial charge in [-0.3, -0.25) is 9.59 Å². The fourth-order valence-corrected chi connectivity index (χ4v) is 3.79. The fourth-order valence-electron chi connectivity index (χ4n) is 3.04. The molecule has 0 atom stereocenters. The van der Waals surface area contributed by atoms with Crippen LogP contribution in [0.25, 0.3) is 0 Å². The van der Waals surface area contributed by atoms with Crippen molar-refractivity contribution in [2.45, 2.75) is 39.0 Å². The van der Waals surface area contributed by atoms with Gasteiger partial charge >= 0.3 is 0 Å². The second-order valence-corrected chi connectivity index (χ2v) is 7.16. The predicted molar refractivity (Wildman–Crippen MR) is 98.7 cm³/mol. The summed E-state index contributed by atoms with van der Waals surface area (Å²) in [5.74, 6) is 0.222. The van der Waals surface area contributed by atoms with Crippen LogP contribution in [0.3, 0.4) is 0 Å². The number of nitrogens with one attached hydrogen (secondary N) is 1. The lowest BCUT2D eigenvalue weighted by Gasteiger charge is -2.19. The molecule has 0 unspecified atom stereocenters. The monoisotopic (exact) mass is 342 g/mol. The molecule has 2 aromatic rings. The van der Waals surface area contributed by atoms with Gasteiger partial charge in [-0.25, -0.2) is 0 Å². The van der Waals surface area contributed by atoms with Crippen LogP contribution in [0.5, 0.6) is 0 Å². The minimum atomic E-state index is 0.0379. The van der Waals surface area contributed by atoms with Gasteiger partial charge in [0.1, 0.15) is 0 Å². The summed E-state index contributed by atoms with van der Waals surface area (Å²) in [5, 5.41) is 5.01. The average Bonchev–Trinajstić information content (AvgIpc) is 3.19. The van der Waals surface area contributed by atoms with Crippen molar-refractivity contribution >= 4 is 34.5 Å². The number of hydrogen-bond donors (Lipinski definition) is 1. The molecule has 2 amide bonds. The van der Waals surface area contributed by atoms with Gasteiger partial charge in [0.25, 0.3) is 0 Å². The van der Waals surface area contributed by atoms with Gasteiger partial charge in [0.05, 0.1) is 0 Å². The fraction of sp³-hybridized carbons (Fsp3) is 0.368. The van der Waals surface area contributed by atoms with Crippen LogP contribution in [-0.2, 0) is 16.0 Å². The van der Waals surface area contributed by atoms with Crippen molar-refractivity contribution in [3.8, 4) is 0 Å². The first-order chi connectivity index (χ1) is 11.6.